The summed E-state index contributed by atoms with van der Waals surface area (Å²) < 4.78 is 0. The van der Waals surface area contributed by atoms with Gasteiger partial charge in [0.1, 0.15) is 0 Å². The molecule has 27 heavy (non-hydrogen) atoms. The second-order valence-corrected chi connectivity index (χ2v) is 6.92. The summed E-state index contributed by atoms with van der Waals surface area (Å²) in [4.78, 5) is 16.4. The van der Waals surface area contributed by atoms with Gasteiger partial charge in [0, 0.05) is 50.2 Å². The zero-order valence-electron chi connectivity index (χ0n) is 16.1. The number of benzene rings is 2. The predicted molar refractivity (Wildman–Crippen MR) is 110 cm³/mol. The molecule has 0 bridgehead atoms. The lowest BCUT2D eigenvalue weighted by molar-refractivity contribution is 0.0793. The van der Waals surface area contributed by atoms with Crippen LogP contribution < -0.4 is 4.90 Å². The lowest BCUT2D eigenvalue weighted by atomic mass is 10.1. The number of aryl methyl sites for hydroxylation is 1. The first-order valence-corrected chi connectivity index (χ1v) is 9.17. The van der Waals surface area contributed by atoms with Crippen LogP contribution in [0.2, 0.25) is 0 Å². The molecule has 0 spiro atoms. The van der Waals surface area contributed by atoms with Crippen molar-refractivity contribution in [3.8, 4) is 11.3 Å². The Bertz CT molecular complexity index is 886. The van der Waals surface area contributed by atoms with Gasteiger partial charge in [-0.15, -0.1) is 0 Å². The molecule has 0 aliphatic heterocycles. The highest BCUT2D eigenvalue weighted by molar-refractivity contribution is 5.95. The Morgan fingerprint density at radius 1 is 1.00 bits per heavy atom. The van der Waals surface area contributed by atoms with Crippen LogP contribution in [-0.4, -0.2) is 48.7 Å². The van der Waals surface area contributed by atoms with Crippen LogP contribution in [0.3, 0.4) is 0 Å². The number of carbonyl (C=O) groups is 1. The van der Waals surface area contributed by atoms with Gasteiger partial charge in [-0.2, -0.15) is 5.10 Å². The molecule has 3 aromatic rings. The normalized spacial score (nSPS) is 10.6. The molecule has 1 amide bonds. The Morgan fingerprint density at radius 3 is 2.52 bits per heavy atom. The Hall–Kier alpha value is -3.08. The van der Waals surface area contributed by atoms with Crippen molar-refractivity contribution in [2.24, 2.45) is 0 Å². The number of carbonyl (C=O) groups excluding carboxylic acids is 1. The molecular weight excluding hydrogens is 336 g/mol. The zero-order chi connectivity index (χ0) is 19.2. The second kappa shape index (κ2) is 8.54. The van der Waals surface area contributed by atoms with Crippen molar-refractivity contribution in [1.82, 2.24) is 15.1 Å². The van der Waals surface area contributed by atoms with Crippen molar-refractivity contribution in [2.45, 2.75) is 12.8 Å². The molecule has 0 fully saturated rings. The summed E-state index contributed by atoms with van der Waals surface area (Å²) in [6.07, 6.45) is 1.74. The van der Waals surface area contributed by atoms with E-state index in [9.17, 15) is 4.79 Å². The van der Waals surface area contributed by atoms with Crippen LogP contribution in [0.25, 0.3) is 11.3 Å². The van der Waals surface area contributed by atoms with E-state index in [1.54, 1.807) is 4.90 Å². The number of aromatic amines is 1. The van der Waals surface area contributed by atoms with Crippen molar-refractivity contribution >= 4 is 11.6 Å². The first-order valence-electron chi connectivity index (χ1n) is 9.17. The minimum Gasteiger partial charge on any atom is -0.378 e. The summed E-state index contributed by atoms with van der Waals surface area (Å²) in [5.74, 6) is 0.0493. The fraction of sp³-hybridized carbons (Fsp3) is 0.273. The standard InChI is InChI=1S/C22H26N4O/c1-25(2)20-13-7-11-18(15-20)22(27)26(3)14-8-12-19-16-21(24-23-19)17-9-5-4-6-10-17/h4-7,9-11,13,15-16H,8,12,14H2,1-3H3,(H,23,24). The number of rotatable bonds is 7. The molecule has 3 rings (SSSR count). The van der Waals surface area contributed by atoms with Crippen LogP contribution in [0, 0.1) is 0 Å². The maximum atomic E-state index is 12.6. The van der Waals surface area contributed by atoms with Crippen LogP contribution in [0.4, 0.5) is 5.69 Å². The van der Waals surface area contributed by atoms with Gasteiger partial charge in [-0.25, -0.2) is 0 Å². The maximum absolute atomic E-state index is 12.6. The van der Waals surface area contributed by atoms with Gasteiger partial charge in [-0.3, -0.25) is 9.89 Å². The number of aromatic nitrogens is 2. The van der Waals surface area contributed by atoms with E-state index in [2.05, 4.69) is 16.3 Å². The third-order valence-corrected chi connectivity index (χ3v) is 4.60. The van der Waals surface area contributed by atoms with Crippen LogP contribution in [-0.2, 0) is 6.42 Å². The number of H-pyrrole nitrogens is 1. The number of hydrogen-bond donors (Lipinski definition) is 1. The summed E-state index contributed by atoms with van der Waals surface area (Å²) in [5, 5.41) is 7.48. The molecule has 140 valence electrons. The van der Waals surface area contributed by atoms with Crippen LogP contribution in [0.1, 0.15) is 22.5 Å². The summed E-state index contributed by atoms with van der Waals surface area (Å²) in [5.41, 5.74) is 4.89. The highest BCUT2D eigenvalue weighted by atomic mass is 16.2. The largest absolute Gasteiger partial charge is 0.378 e. The molecule has 0 aliphatic rings. The predicted octanol–water partition coefficient (Wildman–Crippen LogP) is 3.85. The molecule has 0 saturated heterocycles. The van der Waals surface area contributed by atoms with Gasteiger partial charge in [-0.05, 0) is 37.1 Å². The monoisotopic (exact) mass is 362 g/mol. The highest BCUT2D eigenvalue weighted by Gasteiger charge is 2.12. The third kappa shape index (κ3) is 4.76. The Kier molecular flexibility index (Phi) is 5.91. The van der Waals surface area contributed by atoms with Crippen molar-refractivity contribution in [3.05, 3.63) is 71.9 Å². The number of hydrogen-bond acceptors (Lipinski definition) is 3. The molecule has 0 saturated carbocycles. The Balaban J connectivity index is 1.54. The molecule has 0 aliphatic carbocycles. The molecule has 1 N–H and O–H groups in total. The van der Waals surface area contributed by atoms with Crippen molar-refractivity contribution in [2.75, 3.05) is 32.6 Å². The molecule has 0 unspecified atom stereocenters. The highest BCUT2D eigenvalue weighted by Crippen LogP contribution is 2.18. The van der Waals surface area contributed by atoms with Gasteiger partial charge in [0.05, 0.1) is 5.69 Å². The number of nitrogens with one attached hydrogen (secondary N) is 1. The molecule has 0 radical (unpaired) electrons. The molecule has 5 heteroatoms. The number of amides is 1. The fourth-order valence-electron chi connectivity index (χ4n) is 2.99. The molecule has 5 nitrogen and oxygen atoms in total. The summed E-state index contributed by atoms with van der Waals surface area (Å²) in [7, 11) is 5.80. The van der Waals surface area contributed by atoms with Crippen LogP contribution >= 0.6 is 0 Å². The van der Waals surface area contributed by atoms with Crippen molar-refractivity contribution in [3.63, 3.8) is 0 Å². The first-order chi connectivity index (χ1) is 13.0. The zero-order valence-corrected chi connectivity index (χ0v) is 16.1. The van der Waals surface area contributed by atoms with Gasteiger partial charge in [-0.1, -0.05) is 36.4 Å². The average molecular weight is 362 g/mol. The SMILES string of the molecule is CN(CCCc1cc(-c2ccccc2)n[nH]1)C(=O)c1cccc(N(C)C)c1. The van der Waals surface area contributed by atoms with Gasteiger partial charge >= 0.3 is 0 Å². The minimum atomic E-state index is 0.0493. The maximum Gasteiger partial charge on any atom is 0.253 e. The van der Waals surface area contributed by atoms with Gasteiger partial charge in [0.2, 0.25) is 0 Å². The summed E-state index contributed by atoms with van der Waals surface area (Å²) >= 11 is 0. The second-order valence-electron chi connectivity index (χ2n) is 6.92. The fourth-order valence-corrected chi connectivity index (χ4v) is 2.99. The van der Waals surface area contributed by atoms with Gasteiger partial charge < -0.3 is 9.80 Å². The van der Waals surface area contributed by atoms with Crippen LogP contribution in [0.15, 0.2) is 60.7 Å². The van der Waals surface area contributed by atoms with E-state index in [0.717, 1.165) is 41.0 Å². The van der Waals surface area contributed by atoms with Crippen molar-refractivity contribution in [1.29, 1.82) is 0 Å². The van der Waals surface area contributed by atoms with Crippen LogP contribution in [0.5, 0.6) is 0 Å². The molecular formula is C22H26N4O. The summed E-state index contributed by atoms with van der Waals surface area (Å²) in [6, 6.07) is 19.9. The molecule has 0 atom stereocenters. The molecule has 2 aromatic carbocycles. The lowest BCUT2D eigenvalue weighted by Crippen LogP contribution is -2.28. The van der Waals surface area contributed by atoms with E-state index < -0.39 is 0 Å². The topological polar surface area (TPSA) is 52.2 Å². The Morgan fingerprint density at radius 2 is 1.78 bits per heavy atom. The van der Waals surface area contributed by atoms with E-state index in [-0.39, 0.29) is 5.91 Å². The average Bonchev–Trinajstić information content (AvgIpc) is 3.17. The van der Waals surface area contributed by atoms with E-state index in [1.165, 1.54) is 0 Å². The third-order valence-electron chi connectivity index (χ3n) is 4.60. The quantitative estimate of drug-likeness (QED) is 0.695. The molecule has 1 aromatic heterocycles. The van der Waals surface area contributed by atoms with E-state index in [0.29, 0.717) is 6.54 Å². The minimum absolute atomic E-state index is 0.0493. The van der Waals surface area contributed by atoms with Gasteiger partial charge in [0.15, 0.2) is 0 Å². The first kappa shape index (κ1) is 18.7. The number of anilines is 1. The van der Waals surface area contributed by atoms with E-state index in [1.807, 2.05) is 80.6 Å². The van der Waals surface area contributed by atoms with Crippen molar-refractivity contribution < 1.29 is 4.79 Å². The Labute approximate surface area is 160 Å². The van der Waals surface area contributed by atoms with E-state index in [4.69, 9.17) is 0 Å². The molecule has 1 heterocycles. The summed E-state index contributed by atoms with van der Waals surface area (Å²) in [6.45, 7) is 0.699. The lowest BCUT2D eigenvalue weighted by Gasteiger charge is -2.19. The smallest absolute Gasteiger partial charge is 0.253 e. The van der Waals surface area contributed by atoms with Gasteiger partial charge in [0.25, 0.3) is 5.91 Å². The number of nitrogens with zero attached hydrogens (tertiary/aromatic N) is 3. The van der Waals surface area contributed by atoms with E-state index >= 15 is 0 Å².